The van der Waals surface area contributed by atoms with E-state index in [2.05, 4.69) is 25.7 Å². The summed E-state index contributed by atoms with van der Waals surface area (Å²) in [5.41, 5.74) is 0.335. The van der Waals surface area contributed by atoms with Crippen LogP contribution in [0, 0.1) is 0 Å². The van der Waals surface area contributed by atoms with Crippen LogP contribution in [0.2, 0.25) is 0 Å². The van der Waals surface area contributed by atoms with Gasteiger partial charge in [-0.1, -0.05) is 12.1 Å². The molecule has 1 aliphatic rings. The van der Waals surface area contributed by atoms with Crippen molar-refractivity contribution >= 4 is 17.6 Å². The zero-order valence-corrected chi connectivity index (χ0v) is 17.5. The van der Waals surface area contributed by atoms with Crippen LogP contribution in [-0.2, 0) is 4.79 Å². The van der Waals surface area contributed by atoms with Gasteiger partial charge >= 0.3 is 6.61 Å². The van der Waals surface area contributed by atoms with Gasteiger partial charge in [-0.05, 0) is 46.2 Å². The standard InChI is InChI=1S/C20H31F2N5O2/c1-5-23-19(24-12-17(28)26-20(2,3)4)25-14-10-11-27(13-14)15-8-6-7-9-16(15)29-18(21)22/h6-9,14,18H,5,10-13H2,1-4H3,(H,26,28)(H2,23,24,25). The topological polar surface area (TPSA) is 78.0 Å². The van der Waals surface area contributed by atoms with Crippen molar-refractivity contribution in [1.82, 2.24) is 16.0 Å². The predicted octanol–water partition coefficient (Wildman–Crippen LogP) is 2.34. The van der Waals surface area contributed by atoms with E-state index in [0.29, 0.717) is 31.3 Å². The fourth-order valence-corrected chi connectivity index (χ4v) is 3.13. The molecule has 1 unspecified atom stereocenters. The van der Waals surface area contributed by atoms with E-state index >= 15 is 0 Å². The number of para-hydroxylation sites is 2. The van der Waals surface area contributed by atoms with E-state index in [4.69, 9.17) is 0 Å². The third-order valence-electron chi connectivity index (χ3n) is 4.19. The second kappa shape index (κ2) is 10.3. The molecule has 9 heteroatoms. The van der Waals surface area contributed by atoms with Crippen molar-refractivity contribution in [3.05, 3.63) is 24.3 Å². The summed E-state index contributed by atoms with van der Waals surface area (Å²) in [6, 6.07) is 6.86. The predicted molar refractivity (Wildman–Crippen MR) is 111 cm³/mol. The number of ether oxygens (including phenoxy) is 1. The number of benzene rings is 1. The van der Waals surface area contributed by atoms with Gasteiger partial charge in [0, 0.05) is 31.2 Å². The molecule has 0 aromatic heterocycles. The first-order chi connectivity index (χ1) is 13.7. The number of amides is 1. The van der Waals surface area contributed by atoms with Crippen LogP contribution >= 0.6 is 0 Å². The molecular formula is C20H31F2N5O2. The summed E-state index contributed by atoms with van der Waals surface area (Å²) in [5, 5.41) is 9.34. The van der Waals surface area contributed by atoms with Gasteiger partial charge in [0.1, 0.15) is 12.3 Å². The maximum absolute atomic E-state index is 12.7. The van der Waals surface area contributed by atoms with Crippen molar-refractivity contribution < 1.29 is 18.3 Å². The number of halogens is 2. The van der Waals surface area contributed by atoms with Crippen LogP contribution in [-0.4, -0.2) is 56.2 Å². The van der Waals surface area contributed by atoms with E-state index in [1.54, 1.807) is 24.3 Å². The van der Waals surface area contributed by atoms with E-state index in [1.165, 1.54) is 0 Å². The van der Waals surface area contributed by atoms with Gasteiger partial charge in [0.15, 0.2) is 5.96 Å². The molecule has 0 aliphatic carbocycles. The highest BCUT2D eigenvalue weighted by molar-refractivity contribution is 5.85. The van der Waals surface area contributed by atoms with Gasteiger partial charge in [-0.25, -0.2) is 4.99 Å². The van der Waals surface area contributed by atoms with Crippen LogP contribution in [0.15, 0.2) is 29.3 Å². The van der Waals surface area contributed by atoms with Gasteiger partial charge in [0.25, 0.3) is 0 Å². The number of rotatable bonds is 7. The summed E-state index contributed by atoms with van der Waals surface area (Å²) >= 11 is 0. The van der Waals surface area contributed by atoms with Gasteiger partial charge in [0.05, 0.1) is 5.69 Å². The second-order valence-electron chi connectivity index (χ2n) is 7.92. The lowest BCUT2D eigenvalue weighted by molar-refractivity contribution is -0.121. The van der Waals surface area contributed by atoms with Crippen molar-refractivity contribution in [3.63, 3.8) is 0 Å². The quantitative estimate of drug-likeness (QED) is 0.474. The zero-order valence-electron chi connectivity index (χ0n) is 17.5. The molecule has 3 N–H and O–H groups in total. The molecule has 29 heavy (non-hydrogen) atoms. The Kier molecular flexibility index (Phi) is 8.04. The molecule has 162 valence electrons. The van der Waals surface area contributed by atoms with Crippen LogP contribution in [0.3, 0.4) is 0 Å². The second-order valence-corrected chi connectivity index (χ2v) is 7.92. The number of aliphatic imine (C=N–C) groups is 1. The zero-order chi connectivity index (χ0) is 21.4. The molecule has 0 spiro atoms. The first-order valence-electron chi connectivity index (χ1n) is 9.82. The Bertz CT molecular complexity index is 706. The van der Waals surface area contributed by atoms with Crippen LogP contribution in [0.5, 0.6) is 5.75 Å². The van der Waals surface area contributed by atoms with Crippen molar-refractivity contribution in [2.75, 3.05) is 31.1 Å². The summed E-state index contributed by atoms with van der Waals surface area (Å²) in [5.74, 6) is 0.573. The lowest BCUT2D eigenvalue weighted by Crippen LogP contribution is -2.46. The highest BCUT2D eigenvalue weighted by Crippen LogP contribution is 2.31. The summed E-state index contributed by atoms with van der Waals surface area (Å²) in [6.07, 6.45) is 0.807. The Morgan fingerprint density at radius 2 is 2.07 bits per heavy atom. The smallest absolute Gasteiger partial charge is 0.387 e. The lowest BCUT2D eigenvalue weighted by atomic mass is 10.1. The molecular weight excluding hydrogens is 380 g/mol. The highest BCUT2D eigenvalue weighted by atomic mass is 19.3. The van der Waals surface area contributed by atoms with Gasteiger partial charge in [-0.15, -0.1) is 0 Å². The van der Waals surface area contributed by atoms with Crippen LogP contribution < -0.4 is 25.6 Å². The largest absolute Gasteiger partial charge is 0.433 e. The molecule has 1 heterocycles. The lowest BCUT2D eigenvalue weighted by Gasteiger charge is -2.23. The minimum atomic E-state index is -2.86. The third kappa shape index (κ3) is 7.75. The Balaban J connectivity index is 1.98. The molecule has 2 rings (SSSR count). The number of guanidine groups is 1. The Labute approximate surface area is 170 Å². The summed E-state index contributed by atoms with van der Waals surface area (Å²) in [7, 11) is 0. The van der Waals surface area contributed by atoms with E-state index in [9.17, 15) is 13.6 Å². The number of carbonyl (C=O) groups is 1. The number of anilines is 1. The van der Waals surface area contributed by atoms with E-state index < -0.39 is 6.61 Å². The molecule has 1 saturated heterocycles. The van der Waals surface area contributed by atoms with Crippen molar-refractivity contribution in [2.24, 2.45) is 4.99 Å². The van der Waals surface area contributed by atoms with Crippen molar-refractivity contribution in [3.8, 4) is 5.75 Å². The van der Waals surface area contributed by atoms with Gasteiger partial charge in [-0.3, -0.25) is 4.79 Å². The fourth-order valence-electron chi connectivity index (χ4n) is 3.13. The molecule has 0 bridgehead atoms. The molecule has 1 fully saturated rings. The van der Waals surface area contributed by atoms with Gasteiger partial charge < -0.3 is 25.6 Å². The number of nitrogens with zero attached hydrogens (tertiary/aromatic N) is 2. The van der Waals surface area contributed by atoms with Crippen molar-refractivity contribution in [1.29, 1.82) is 0 Å². The van der Waals surface area contributed by atoms with Gasteiger partial charge in [-0.2, -0.15) is 8.78 Å². The maximum Gasteiger partial charge on any atom is 0.387 e. The fraction of sp³-hybridized carbons (Fsp3) is 0.600. The number of hydrogen-bond acceptors (Lipinski definition) is 4. The number of carbonyl (C=O) groups excluding carboxylic acids is 1. The molecule has 7 nitrogen and oxygen atoms in total. The normalized spacial score (nSPS) is 17.4. The molecule has 1 aliphatic heterocycles. The van der Waals surface area contributed by atoms with Crippen LogP contribution in [0.4, 0.5) is 14.5 Å². The van der Waals surface area contributed by atoms with E-state index in [-0.39, 0.29) is 29.8 Å². The van der Waals surface area contributed by atoms with Crippen LogP contribution in [0.25, 0.3) is 0 Å². The average molecular weight is 411 g/mol. The summed E-state index contributed by atoms with van der Waals surface area (Å²) in [4.78, 5) is 18.4. The average Bonchev–Trinajstić information content (AvgIpc) is 3.07. The Hall–Kier alpha value is -2.58. The SMILES string of the molecule is CCNC(=NCC(=O)NC(C)(C)C)NC1CCN(c2ccccc2OC(F)F)C1. The molecule has 1 aromatic rings. The molecule has 1 aromatic carbocycles. The highest BCUT2D eigenvalue weighted by Gasteiger charge is 2.26. The Morgan fingerprint density at radius 3 is 2.72 bits per heavy atom. The molecule has 0 saturated carbocycles. The maximum atomic E-state index is 12.7. The van der Waals surface area contributed by atoms with Gasteiger partial charge in [0.2, 0.25) is 5.91 Å². The first kappa shape index (κ1) is 22.7. The molecule has 0 radical (unpaired) electrons. The summed E-state index contributed by atoms with van der Waals surface area (Å²) < 4.78 is 30.0. The minimum absolute atomic E-state index is 0.0219. The van der Waals surface area contributed by atoms with E-state index in [0.717, 1.165) is 6.42 Å². The number of hydrogen-bond donors (Lipinski definition) is 3. The summed E-state index contributed by atoms with van der Waals surface area (Å²) in [6.45, 7) is 6.84. The Morgan fingerprint density at radius 1 is 1.34 bits per heavy atom. The first-order valence-corrected chi connectivity index (χ1v) is 9.82. The number of nitrogens with one attached hydrogen (secondary N) is 3. The van der Waals surface area contributed by atoms with Crippen LogP contribution in [0.1, 0.15) is 34.1 Å². The molecule has 1 atom stereocenters. The molecule has 1 amide bonds. The number of alkyl halides is 2. The van der Waals surface area contributed by atoms with Crippen molar-refractivity contribution in [2.45, 2.75) is 52.3 Å². The van der Waals surface area contributed by atoms with E-state index in [1.807, 2.05) is 32.6 Å². The minimum Gasteiger partial charge on any atom is -0.433 e. The third-order valence-corrected chi connectivity index (χ3v) is 4.19. The monoisotopic (exact) mass is 411 g/mol.